The zero-order chi connectivity index (χ0) is 9.42. The summed E-state index contributed by atoms with van der Waals surface area (Å²) >= 11 is 7.65. The molecule has 0 amide bonds. The first-order valence-electron chi connectivity index (χ1n) is 3.64. The van der Waals surface area contributed by atoms with E-state index in [1.54, 1.807) is 18.4 Å². The SMILES string of the molecule is COc1ccc2sc(I)cc2c1Br. The van der Waals surface area contributed by atoms with E-state index in [1.807, 2.05) is 6.07 Å². The topological polar surface area (TPSA) is 9.23 Å². The van der Waals surface area contributed by atoms with Crippen LogP contribution in [-0.2, 0) is 0 Å². The maximum absolute atomic E-state index is 5.22. The number of fused-ring (bicyclic) bond motifs is 1. The van der Waals surface area contributed by atoms with E-state index in [0.717, 1.165) is 10.2 Å². The monoisotopic (exact) mass is 368 g/mol. The highest BCUT2D eigenvalue weighted by Crippen LogP contribution is 2.37. The summed E-state index contributed by atoms with van der Waals surface area (Å²) in [6, 6.07) is 6.23. The first-order valence-corrected chi connectivity index (χ1v) is 6.32. The molecule has 4 heteroatoms. The molecular weight excluding hydrogens is 363 g/mol. The molecule has 0 bridgehead atoms. The Morgan fingerprint density at radius 1 is 1.46 bits per heavy atom. The standard InChI is InChI=1S/C9H6BrIOS/c1-12-6-2-3-7-5(9(6)10)4-8(11)13-7/h2-4H,1H3. The molecule has 0 spiro atoms. The molecule has 1 aromatic heterocycles. The van der Waals surface area contributed by atoms with Crippen LogP contribution in [0.2, 0.25) is 0 Å². The molecule has 68 valence electrons. The summed E-state index contributed by atoms with van der Waals surface area (Å²) < 4.78 is 8.85. The second-order valence-corrected chi connectivity index (χ2v) is 6.32. The van der Waals surface area contributed by atoms with Crippen LogP contribution in [0.5, 0.6) is 5.75 Å². The van der Waals surface area contributed by atoms with Crippen LogP contribution in [0.1, 0.15) is 0 Å². The van der Waals surface area contributed by atoms with Crippen LogP contribution >= 0.6 is 49.9 Å². The fourth-order valence-electron chi connectivity index (χ4n) is 1.18. The van der Waals surface area contributed by atoms with E-state index in [2.05, 4.69) is 50.7 Å². The largest absolute Gasteiger partial charge is 0.496 e. The van der Waals surface area contributed by atoms with Crippen molar-refractivity contribution in [3.63, 3.8) is 0 Å². The number of benzene rings is 1. The predicted molar refractivity (Wildman–Crippen MR) is 68.8 cm³/mol. The van der Waals surface area contributed by atoms with Crippen molar-refractivity contribution >= 4 is 59.9 Å². The molecule has 1 aromatic carbocycles. The highest BCUT2D eigenvalue weighted by atomic mass is 127. The maximum Gasteiger partial charge on any atom is 0.133 e. The fraction of sp³-hybridized carbons (Fsp3) is 0.111. The molecule has 2 rings (SSSR count). The van der Waals surface area contributed by atoms with Gasteiger partial charge in [-0.3, -0.25) is 0 Å². The molecule has 0 radical (unpaired) electrons. The number of methoxy groups -OCH3 is 1. The molecule has 13 heavy (non-hydrogen) atoms. The zero-order valence-corrected chi connectivity index (χ0v) is 11.4. The third-order valence-corrected chi connectivity index (χ3v) is 4.47. The first kappa shape index (κ1) is 9.73. The van der Waals surface area contributed by atoms with Gasteiger partial charge in [0.25, 0.3) is 0 Å². The van der Waals surface area contributed by atoms with Gasteiger partial charge in [0.05, 0.1) is 14.5 Å². The minimum atomic E-state index is 0.890. The lowest BCUT2D eigenvalue weighted by Gasteiger charge is -2.02. The molecule has 2 aromatic rings. The Bertz CT molecular complexity index is 452. The first-order chi connectivity index (χ1) is 6.22. The molecule has 0 aliphatic heterocycles. The van der Waals surface area contributed by atoms with E-state index in [-0.39, 0.29) is 0 Å². The van der Waals surface area contributed by atoms with Crippen LogP contribution in [0.25, 0.3) is 10.1 Å². The maximum atomic E-state index is 5.22. The number of thiophene rings is 1. The molecule has 1 heterocycles. The van der Waals surface area contributed by atoms with Gasteiger partial charge in [-0.2, -0.15) is 0 Å². The summed E-state index contributed by atoms with van der Waals surface area (Å²) in [5.74, 6) is 0.890. The number of rotatable bonds is 1. The Labute approximate surface area is 102 Å². The van der Waals surface area contributed by atoms with Crippen molar-refractivity contribution in [2.24, 2.45) is 0 Å². The van der Waals surface area contributed by atoms with Gasteiger partial charge in [0.2, 0.25) is 0 Å². The Kier molecular flexibility index (Phi) is 2.80. The molecule has 0 N–H and O–H groups in total. The third-order valence-electron chi connectivity index (χ3n) is 1.79. The van der Waals surface area contributed by atoms with E-state index in [0.29, 0.717) is 0 Å². The van der Waals surface area contributed by atoms with Crippen molar-refractivity contribution in [1.29, 1.82) is 0 Å². The normalized spacial score (nSPS) is 10.7. The quantitative estimate of drug-likeness (QED) is 0.683. The molecule has 0 saturated carbocycles. The number of hydrogen-bond acceptors (Lipinski definition) is 2. The molecule has 0 fully saturated rings. The summed E-state index contributed by atoms with van der Waals surface area (Å²) in [5.41, 5.74) is 0. The molecule has 0 aliphatic carbocycles. The third kappa shape index (κ3) is 1.71. The smallest absolute Gasteiger partial charge is 0.133 e. The highest BCUT2D eigenvalue weighted by molar-refractivity contribution is 14.1. The van der Waals surface area contributed by atoms with Crippen LogP contribution in [-0.4, -0.2) is 7.11 Å². The van der Waals surface area contributed by atoms with Crippen molar-refractivity contribution in [3.05, 3.63) is 25.6 Å². The van der Waals surface area contributed by atoms with Gasteiger partial charge in [0.15, 0.2) is 0 Å². The number of halogens is 2. The van der Waals surface area contributed by atoms with E-state index in [9.17, 15) is 0 Å². The Morgan fingerprint density at radius 3 is 2.92 bits per heavy atom. The van der Waals surface area contributed by atoms with E-state index in [1.165, 1.54) is 13.0 Å². The minimum absolute atomic E-state index is 0.890. The number of hydrogen-bond donors (Lipinski definition) is 0. The summed E-state index contributed by atoms with van der Waals surface area (Å²) in [7, 11) is 1.68. The average Bonchev–Trinajstić information content (AvgIpc) is 2.47. The van der Waals surface area contributed by atoms with Crippen LogP contribution in [0.3, 0.4) is 0 Å². The molecule has 0 atom stereocenters. The molecule has 0 aliphatic rings. The Balaban J connectivity index is 2.78. The second kappa shape index (κ2) is 3.74. The van der Waals surface area contributed by atoms with Crippen molar-refractivity contribution < 1.29 is 4.74 Å². The van der Waals surface area contributed by atoms with Crippen LogP contribution < -0.4 is 4.74 Å². The van der Waals surface area contributed by atoms with Gasteiger partial charge in [-0.25, -0.2) is 0 Å². The summed E-state index contributed by atoms with van der Waals surface area (Å²) in [6.07, 6.45) is 0. The lowest BCUT2D eigenvalue weighted by Crippen LogP contribution is -1.82. The summed E-state index contributed by atoms with van der Waals surface area (Å²) in [4.78, 5) is 0. The molecule has 0 saturated heterocycles. The van der Waals surface area contributed by atoms with Crippen LogP contribution in [0.4, 0.5) is 0 Å². The summed E-state index contributed by atoms with van der Waals surface area (Å²) in [5, 5.41) is 1.23. The van der Waals surface area contributed by atoms with Gasteiger partial charge in [-0.1, -0.05) is 0 Å². The Morgan fingerprint density at radius 2 is 2.23 bits per heavy atom. The van der Waals surface area contributed by atoms with Gasteiger partial charge in [-0.05, 0) is 56.7 Å². The van der Waals surface area contributed by atoms with Crippen LogP contribution in [0.15, 0.2) is 22.7 Å². The van der Waals surface area contributed by atoms with Gasteiger partial charge in [0.1, 0.15) is 5.75 Å². The van der Waals surface area contributed by atoms with Crippen molar-refractivity contribution in [1.82, 2.24) is 0 Å². The predicted octanol–water partition coefficient (Wildman–Crippen LogP) is 4.28. The van der Waals surface area contributed by atoms with Crippen molar-refractivity contribution in [3.8, 4) is 5.75 Å². The Hall–Kier alpha value is 0.190. The lowest BCUT2D eigenvalue weighted by atomic mass is 10.2. The average molecular weight is 369 g/mol. The summed E-state index contributed by atoms with van der Waals surface area (Å²) in [6.45, 7) is 0. The van der Waals surface area contributed by atoms with Gasteiger partial charge < -0.3 is 4.74 Å². The van der Waals surface area contributed by atoms with Crippen LogP contribution in [0, 0.1) is 2.88 Å². The van der Waals surface area contributed by atoms with E-state index < -0.39 is 0 Å². The zero-order valence-electron chi connectivity index (χ0n) is 6.80. The van der Waals surface area contributed by atoms with Crippen molar-refractivity contribution in [2.75, 3.05) is 7.11 Å². The number of ether oxygens (including phenoxy) is 1. The molecule has 0 unspecified atom stereocenters. The minimum Gasteiger partial charge on any atom is -0.496 e. The van der Waals surface area contributed by atoms with Gasteiger partial charge in [-0.15, -0.1) is 11.3 Å². The van der Waals surface area contributed by atoms with Gasteiger partial charge in [0, 0.05) is 10.1 Å². The van der Waals surface area contributed by atoms with Gasteiger partial charge >= 0.3 is 0 Å². The highest BCUT2D eigenvalue weighted by Gasteiger charge is 2.07. The van der Waals surface area contributed by atoms with Crippen molar-refractivity contribution in [2.45, 2.75) is 0 Å². The van der Waals surface area contributed by atoms with E-state index in [4.69, 9.17) is 4.74 Å². The second-order valence-electron chi connectivity index (χ2n) is 2.54. The fourth-order valence-corrected chi connectivity index (χ4v) is 3.75. The lowest BCUT2D eigenvalue weighted by molar-refractivity contribution is 0.413. The molecular formula is C9H6BrIOS. The molecule has 1 nitrogen and oxygen atoms in total. The van der Waals surface area contributed by atoms with E-state index >= 15 is 0 Å².